The molecule has 2 aliphatic heterocycles. The molecule has 2 saturated heterocycles. The lowest BCUT2D eigenvalue weighted by molar-refractivity contribution is -0.0152. The summed E-state index contributed by atoms with van der Waals surface area (Å²) in [7, 11) is -3.50. The van der Waals surface area contributed by atoms with Crippen LogP contribution < -0.4 is 4.90 Å². The molecule has 0 bridgehead atoms. The van der Waals surface area contributed by atoms with Crippen LogP contribution in [0.15, 0.2) is 24.3 Å². The highest BCUT2D eigenvalue weighted by atomic mass is 32.2. The van der Waals surface area contributed by atoms with Gasteiger partial charge in [0.2, 0.25) is 0 Å². The van der Waals surface area contributed by atoms with Crippen LogP contribution in [0, 0.1) is 0 Å². The molecule has 36 heavy (non-hydrogen) atoms. The Bertz CT molecular complexity index is 1040. The van der Waals surface area contributed by atoms with Crippen molar-refractivity contribution < 1.29 is 31.7 Å². The van der Waals surface area contributed by atoms with E-state index >= 15 is 0 Å². The largest absolute Gasteiger partial charge is 0.444 e. The Kier molecular flexibility index (Phi) is 8.14. The number of carbonyl (C=O) groups excluding carboxylic acids is 2. The van der Waals surface area contributed by atoms with Gasteiger partial charge in [-0.25, -0.2) is 9.59 Å². The van der Waals surface area contributed by atoms with Crippen molar-refractivity contribution in [1.29, 1.82) is 0 Å². The molecule has 10 nitrogen and oxygen atoms in total. The number of hydrogen-bond donors (Lipinski definition) is 0. The summed E-state index contributed by atoms with van der Waals surface area (Å²) in [5.74, 6) is 0. The highest BCUT2D eigenvalue weighted by Gasteiger charge is 2.37. The molecule has 0 N–H and O–H groups in total. The maximum atomic E-state index is 13.0. The van der Waals surface area contributed by atoms with Gasteiger partial charge in [-0.15, -0.1) is 0 Å². The van der Waals surface area contributed by atoms with Crippen molar-refractivity contribution in [3.05, 3.63) is 29.8 Å². The third kappa shape index (κ3) is 7.99. The monoisotopic (exact) mass is 525 g/mol. The Labute approximate surface area is 214 Å². The fraction of sp³-hybridized carbons (Fsp3) is 0.680. The second-order valence-electron chi connectivity index (χ2n) is 11.4. The van der Waals surface area contributed by atoms with Crippen LogP contribution in [-0.2, 0) is 23.8 Å². The number of benzene rings is 1. The lowest BCUT2D eigenvalue weighted by atomic mass is 10.0. The zero-order chi connectivity index (χ0) is 26.9. The molecule has 0 radical (unpaired) electrons. The fourth-order valence-electron chi connectivity index (χ4n) is 4.30. The summed E-state index contributed by atoms with van der Waals surface area (Å²) in [5.41, 5.74) is 0.530. The van der Waals surface area contributed by atoms with Gasteiger partial charge in [0.25, 0.3) is 10.1 Å². The Balaban J connectivity index is 1.78. The lowest BCUT2D eigenvalue weighted by Crippen LogP contribution is -2.54. The minimum absolute atomic E-state index is 0.279. The quantitative estimate of drug-likeness (QED) is 0.547. The number of hydrogen-bond acceptors (Lipinski definition) is 8. The summed E-state index contributed by atoms with van der Waals surface area (Å²) >= 11 is 0. The molecule has 1 aromatic rings. The minimum Gasteiger partial charge on any atom is -0.444 e. The molecule has 202 valence electrons. The fourth-order valence-corrected chi connectivity index (χ4v) is 4.95. The van der Waals surface area contributed by atoms with Crippen LogP contribution in [0.25, 0.3) is 0 Å². The zero-order valence-electron chi connectivity index (χ0n) is 22.3. The normalized spacial score (nSPS) is 21.5. The van der Waals surface area contributed by atoms with Gasteiger partial charge in [0, 0.05) is 38.4 Å². The smallest absolute Gasteiger partial charge is 0.410 e. The van der Waals surface area contributed by atoms with Gasteiger partial charge in [-0.3, -0.25) is 9.08 Å². The van der Waals surface area contributed by atoms with Gasteiger partial charge in [0.1, 0.15) is 11.2 Å². The third-order valence-electron chi connectivity index (χ3n) is 5.76. The molecular weight excluding hydrogens is 486 g/mol. The maximum absolute atomic E-state index is 13.0. The lowest BCUT2D eigenvalue weighted by Gasteiger charge is -2.42. The molecule has 0 spiro atoms. The average molecular weight is 526 g/mol. The maximum Gasteiger partial charge on any atom is 0.410 e. The van der Waals surface area contributed by atoms with Crippen molar-refractivity contribution in [2.24, 2.45) is 0 Å². The number of amides is 2. The van der Waals surface area contributed by atoms with Gasteiger partial charge in [-0.05, 0) is 65.7 Å². The standard InChI is InChI=1S/C25H39N3O7S/c1-24(2,3)33-22(29)27-14-15-28(23(30)34-25(4,5)6)21(17-27)18-8-10-19(11-9-18)26-13-12-20(16-26)35-36(7,31)32/h8-11,20-21H,12-17H2,1-7H3. The van der Waals surface area contributed by atoms with E-state index in [0.717, 1.165) is 17.5 Å². The van der Waals surface area contributed by atoms with Crippen molar-refractivity contribution in [1.82, 2.24) is 9.80 Å². The van der Waals surface area contributed by atoms with E-state index in [-0.39, 0.29) is 12.6 Å². The van der Waals surface area contributed by atoms with Gasteiger partial charge in [0.15, 0.2) is 0 Å². The Morgan fingerprint density at radius 2 is 1.44 bits per heavy atom. The molecule has 2 unspecified atom stereocenters. The predicted molar refractivity (Wildman–Crippen MR) is 136 cm³/mol. The van der Waals surface area contributed by atoms with E-state index in [4.69, 9.17) is 13.7 Å². The first kappa shape index (κ1) is 28.0. The molecular formula is C25H39N3O7S. The van der Waals surface area contributed by atoms with E-state index < -0.39 is 39.5 Å². The first-order valence-corrected chi connectivity index (χ1v) is 14.0. The van der Waals surface area contributed by atoms with E-state index in [9.17, 15) is 18.0 Å². The molecule has 0 aromatic heterocycles. The summed E-state index contributed by atoms with van der Waals surface area (Å²) in [6.07, 6.45) is 0.464. The molecule has 1 aromatic carbocycles. The highest BCUT2D eigenvalue weighted by molar-refractivity contribution is 7.86. The summed E-state index contributed by atoms with van der Waals surface area (Å²) in [4.78, 5) is 31.1. The summed E-state index contributed by atoms with van der Waals surface area (Å²) in [6.45, 7) is 13.0. The van der Waals surface area contributed by atoms with E-state index in [1.165, 1.54) is 0 Å². The molecule has 0 aliphatic carbocycles. The second-order valence-corrected chi connectivity index (χ2v) is 13.0. The van der Waals surface area contributed by atoms with Crippen LogP contribution >= 0.6 is 0 Å². The van der Waals surface area contributed by atoms with Crippen LogP contribution in [0.2, 0.25) is 0 Å². The van der Waals surface area contributed by atoms with Gasteiger partial charge < -0.3 is 19.3 Å². The molecule has 2 atom stereocenters. The van der Waals surface area contributed by atoms with Crippen LogP contribution in [0.3, 0.4) is 0 Å². The first-order valence-electron chi connectivity index (χ1n) is 12.2. The number of nitrogens with zero attached hydrogens (tertiary/aromatic N) is 3. The Morgan fingerprint density at radius 3 is 2.00 bits per heavy atom. The van der Waals surface area contributed by atoms with E-state index in [0.29, 0.717) is 32.6 Å². The van der Waals surface area contributed by atoms with Crippen LogP contribution in [0.1, 0.15) is 59.6 Å². The van der Waals surface area contributed by atoms with E-state index in [2.05, 4.69) is 4.90 Å². The van der Waals surface area contributed by atoms with Crippen molar-refractivity contribution in [2.75, 3.05) is 43.9 Å². The highest BCUT2D eigenvalue weighted by Crippen LogP contribution is 2.31. The van der Waals surface area contributed by atoms with Gasteiger partial charge in [-0.2, -0.15) is 8.42 Å². The molecule has 11 heteroatoms. The van der Waals surface area contributed by atoms with Crippen molar-refractivity contribution >= 4 is 28.0 Å². The summed E-state index contributed by atoms with van der Waals surface area (Å²) < 4.78 is 39.3. The molecule has 2 aliphatic rings. The number of rotatable bonds is 4. The third-order valence-corrected chi connectivity index (χ3v) is 6.38. The van der Waals surface area contributed by atoms with Crippen LogP contribution in [0.4, 0.5) is 15.3 Å². The van der Waals surface area contributed by atoms with Gasteiger partial charge >= 0.3 is 12.2 Å². The van der Waals surface area contributed by atoms with Crippen molar-refractivity contribution in [3.63, 3.8) is 0 Å². The molecule has 2 fully saturated rings. The second kappa shape index (κ2) is 10.5. The Hall–Kier alpha value is -2.53. The van der Waals surface area contributed by atoms with Crippen LogP contribution in [-0.4, -0.2) is 86.7 Å². The molecule has 2 amide bonds. The van der Waals surface area contributed by atoms with Gasteiger partial charge in [0.05, 0.1) is 18.4 Å². The average Bonchev–Trinajstić information content (AvgIpc) is 3.17. The first-order chi connectivity index (χ1) is 16.5. The topological polar surface area (TPSA) is 106 Å². The molecule has 0 saturated carbocycles. The van der Waals surface area contributed by atoms with Crippen molar-refractivity contribution in [3.8, 4) is 0 Å². The predicted octanol–water partition coefficient (Wildman–Crippen LogP) is 3.77. The number of ether oxygens (including phenoxy) is 2. The zero-order valence-corrected chi connectivity index (χ0v) is 23.1. The SMILES string of the molecule is CC(C)(C)OC(=O)N1CCN(C(=O)OC(C)(C)C)C(c2ccc(N3CCC(OS(C)(=O)=O)C3)cc2)C1. The molecule has 2 heterocycles. The number of piperazine rings is 1. The van der Waals surface area contributed by atoms with Gasteiger partial charge in [-0.1, -0.05) is 12.1 Å². The van der Waals surface area contributed by atoms with E-state index in [1.54, 1.807) is 9.80 Å². The summed E-state index contributed by atoms with van der Waals surface area (Å²) in [5, 5.41) is 0. The van der Waals surface area contributed by atoms with E-state index in [1.807, 2.05) is 65.8 Å². The minimum atomic E-state index is -3.50. The van der Waals surface area contributed by atoms with Crippen LogP contribution in [0.5, 0.6) is 0 Å². The number of carbonyl (C=O) groups is 2. The number of anilines is 1. The summed E-state index contributed by atoms with van der Waals surface area (Å²) in [6, 6.07) is 7.34. The molecule has 3 rings (SSSR count). The van der Waals surface area contributed by atoms with Crippen molar-refractivity contribution in [2.45, 2.75) is 71.3 Å². The Morgan fingerprint density at radius 1 is 0.861 bits per heavy atom.